The van der Waals surface area contributed by atoms with Gasteiger partial charge in [0.15, 0.2) is 0 Å². The normalized spacial score (nSPS) is 10.4. The number of nitrogens with zero attached hydrogens (tertiary/aromatic N) is 2. The largest absolute Gasteiger partial charge is 0.341 e. The highest BCUT2D eigenvalue weighted by atomic mass is 16.2. The second kappa shape index (κ2) is 8.82. The fraction of sp³-hybridized carbons (Fsp3) is 0.316. The van der Waals surface area contributed by atoms with E-state index in [-0.39, 0.29) is 18.0 Å². The Morgan fingerprint density at radius 2 is 1.84 bits per heavy atom. The van der Waals surface area contributed by atoms with Crippen LogP contribution < -0.4 is 10.6 Å². The molecular weight excluding hydrogens is 316 g/mol. The number of carbonyl (C=O) groups excluding carboxylic acids is 2. The molecule has 0 bridgehead atoms. The first-order valence-electron chi connectivity index (χ1n) is 8.28. The van der Waals surface area contributed by atoms with Crippen molar-refractivity contribution in [3.63, 3.8) is 0 Å². The van der Waals surface area contributed by atoms with Crippen molar-refractivity contribution >= 4 is 17.6 Å². The van der Waals surface area contributed by atoms with Crippen molar-refractivity contribution in [2.45, 2.75) is 26.3 Å². The molecule has 6 heteroatoms. The van der Waals surface area contributed by atoms with Gasteiger partial charge in [-0.1, -0.05) is 6.07 Å². The lowest BCUT2D eigenvalue weighted by Crippen LogP contribution is -2.34. The Morgan fingerprint density at radius 1 is 1.12 bits per heavy atom. The number of nitrogens with one attached hydrogen (secondary N) is 2. The average Bonchev–Trinajstić information content (AvgIpc) is 2.60. The zero-order valence-corrected chi connectivity index (χ0v) is 14.8. The number of hydrogen-bond acceptors (Lipinski definition) is 3. The van der Waals surface area contributed by atoms with Crippen molar-refractivity contribution < 1.29 is 9.59 Å². The molecule has 0 aliphatic carbocycles. The van der Waals surface area contributed by atoms with Gasteiger partial charge in [-0.3, -0.25) is 9.78 Å². The number of pyridine rings is 1. The smallest absolute Gasteiger partial charge is 0.319 e. The molecule has 0 spiro atoms. The van der Waals surface area contributed by atoms with Gasteiger partial charge in [0.25, 0.3) is 5.91 Å². The number of anilines is 1. The molecule has 1 aromatic heterocycles. The summed E-state index contributed by atoms with van der Waals surface area (Å²) in [7, 11) is 1.77. The molecule has 0 fully saturated rings. The number of urea groups is 1. The van der Waals surface area contributed by atoms with Crippen LogP contribution in [-0.2, 0) is 6.42 Å². The van der Waals surface area contributed by atoms with Crippen LogP contribution in [0.5, 0.6) is 0 Å². The van der Waals surface area contributed by atoms with Crippen LogP contribution in [0.3, 0.4) is 0 Å². The van der Waals surface area contributed by atoms with Gasteiger partial charge in [0.05, 0.1) is 0 Å². The van der Waals surface area contributed by atoms with E-state index in [2.05, 4.69) is 15.6 Å². The zero-order valence-electron chi connectivity index (χ0n) is 14.8. The molecule has 1 aromatic carbocycles. The molecule has 0 radical (unpaired) electrons. The van der Waals surface area contributed by atoms with Crippen molar-refractivity contribution in [2.24, 2.45) is 0 Å². The highest BCUT2D eigenvalue weighted by Gasteiger charge is 2.12. The minimum atomic E-state index is -0.262. The molecule has 0 saturated carbocycles. The summed E-state index contributed by atoms with van der Waals surface area (Å²) in [6.07, 6.45) is 2.45. The Hall–Kier alpha value is -2.89. The van der Waals surface area contributed by atoms with Gasteiger partial charge in [-0.2, -0.15) is 0 Å². The quantitative estimate of drug-likeness (QED) is 0.849. The molecule has 0 unspecified atom stereocenters. The lowest BCUT2D eigenvalue weighted by molar-refractivity contribution is 0.0796. The number of likely N-dealkylation sites (N-methyl/N-ethyl adjacent to an activating group) is 1. The van der Waals surface area contributed by atoms with Gasteiger partial charge in [0, 0.05) is 49.2 Å². The predicted molar refractivity (Wildman–Crippen MR) is 98.6 cm³/mol. The first kappa shape index (κ1) is 18.4. The van der Waals surface area contributed by atoms with Crippen molar-refractivity contribution in [1.82, 2.24) is 15.2 Å². The Balaban J connectivity index is 1.89. The zero-order chi connectivity index (χ0) is 18.2. The van der Waals surface area contributed by atoms with Crippen LogP contribution in [0.4, 0.5) is 10.5 Å². The molecule has 2 aromatic rings. The second-order valence-electron chi connectivity index (χ2n) is 6.13. The van der Waals surface area contributed by atoms with Gasteiger partial charge in [-0.05, 0) is 50.2 Å². The summed E-state index contributed by atoms with van der Waals surface area (Å²) in [5.74, 6) is -0.0610. The Morgan fingerprint density at radius 3 is 2.44 bits per heavy atom. The average molecular weight is 340 g/mol. The molecule has 2 N–H and O–H groups in total. The molecule has 3 amide bonds. The molecular formula is C19H24N4O2. The Labute approximate surface area is 148 Å². The Bertz CT molecular complexity index is 699. The number of rotatable bonds is 6. The number of benzene rings is 1. The van der Waals surface area contributed by atoms with E-state index in [9.17, 15) is 9.59 Å². The number of aromatic nitrogens is 1. The van der Waals surface area contributed by atoms with Gasteiger partial charge in [-0.25, -0.2) is 4.79 Å². The molecule has 6 nitrogen and oxygen atoms in total. The number of carbonyl (C=O) groups is 2. The number of hydrogen-bond donors (Lipinski definition) is 2. The van der Waals surface area contributed by atoms with Gasteiger partial charge in [-0.15, -0.1) is 0 Å². The van der Waals surface area contributed by atoms with Crippen molar-refractivity contribution in [1.29, 1.82) is 0 Å². The van der Waals surface area contributed by atoms with Crippen LogP contribution in [0.15, 0.2) is 48.7 Å². The van der Waals surface area contributed by atoms with Crippen LogP contribution in [0.25, 0.3) is 0 Å². The summed E-state index contributed by atoms with van der Waals surface area (Å²) in [5.41, 5.74) is 2.18. The summed E-state index contributed by atoms with van der Waals surface area (Å²) in [6, 6.07) is 12.4. The lowest BCUT2D eigenvalue weighted by atomic mass is 10.1. The highest BCUT2D eigenvalue weighted by Crippen LogP contribution is 2.11. The van der Waals surface area contributed by atoms with Gasteiger partial charge in [0.1, 0.15) is 0 Å². The molecule has 2 rings (SSSR count). The Kier molecular flexibility index (Phi) is 6.51. The van der Waals surface area contributed by atoms with Crippen molar-refractivity contribution in [2.75, 3.05) is 18.9 Å². The monoisotopic (exact) mass is 340 g/mol. The SMILES string of the molecule is CC(C)NC(=O)Nc1ccc(C(=O)N(C)CCc2ccccn2)cc1. The highest BCUT2D eigenvalue weighted by molar-refractivity contribution is 5.95. The lowest BCUT2D eigenvalue weighted by Gasteiger charge is -2.17. The molecule has 0 atom stereocenters. The van der Waals surface area contributed by atoms with Gasteiger partial charge < -0.3 is 15.5 Å². The van der Waals surface area contributed by atoms with E-state index in [1.165, 1.54) is 0 Å². The second-order valence-corrected chi connectivity index (χ2v) is 6.13. The molecule has 0 aliphatic rings. The predicted octanol–water partition coefficient (Wildman–Crippen LogP) is 2.93. The maximum absolute atomic E-state index is 12.5. The minimum absolute atomic E-state index is 0.0610. The number of amides is 3. The van der Waals surface area contributed by atoms with E-state index in [1.54, 1.807) is 42.4 Å². The van der Waals surface area contributed by atoms with E-state index in [0.717, 1.165) is 5.69 Å². The maximum Gasteiger partial charge on any atom is 0.319 e. The molecule has 25 heavy (non-hydrogen) atoms. The molecule has 0 aliphatic heterocycles. The van der Waals surface area contributed by atoms with E-state index < -0.39 is 0 Å². The van der Waals surface area contributed by atoms with Crippen LogP contribution in [0, 0.1) is 0 Å². The summed E-state index contributed by atoms with van der Waals surface area (Å²) >= 11 is 0. The summed E-state index contributed by atoms with van der Waals surface area (Å²) in [6.45, 7) is 4.37. The molecule has 1 heterocycles. The summed E-state index contributed by atoms with van der Waals surface area (Å²) in [4.78, 5) is 30.0. The third-order valence-corrected chi connectivity index (χ3v) is 3.59. The topological polar surface area (TPSA) is 74.3 Å². The fourth-order valence-corrected chi connectivity index (χ4v) is 2.28. The third-order valence-electron chi connectivity index (χ3n) is 3.59. The van der Waals surface area contributed by atoms with E-state index >= 15 is 0 Å². The first-order chi connectivity index (χ1) is 12.0. The fourth-order valence-electron chi connectivity index (χ4n) is 2.28. The van der Waals surface area contributed by atoms with Crippen LogP contribution in [0.1, 0.15) is 29.9 Å². The van der Waals surface area contributed by atoms with E-state index in [1.807, 2.05) is 32.0 Å². The molecule has 0 saturated heterocycles. The summed E-state index contributed by atoms with van der Waals surface area (Å²) in [5, 5.41) is 5.48. The summed E-state index contributed by atoms with van der Waals surface area (Å²) < 4.78 is 0. The van der Waals surface area contributed by atoms with Gasteiger partial charge >= 0.3 is 6.03 Å². The first-order valence-corrected chi connectivity index (χ1v) is 8.28. The van der Waals surface area contributed by atoms with Crippen molar-refractivity contribution in [3.8, 4) is 0 Å². The van der Waals surface area contributed by atoms with Crippen LogP contribution in [-0.4, -0.2) is 41.5 Å². The standard InChI is InChI=1S/C19H24N4O2/c1-14(2)21-19(25)22-17-9-7-15(8-10-17)18(24)23(3)13-11-16-6-4-5-12-20-16/h4-10,12,14H,11,13H2,1-3H3,(H2,21,22,25). The van der Waals surface area contributed by atoms with Crippen molar-refractivity contribution in [3.05, 3.63) is 59.9 Å². The van der Waals surface area contributed by atoms with Gasteiger partial charge in [0.2, 0.25) is 0 Å². The van der Waals surface area contributed by atoms with E-state index in [0.29, 0.717) is 24.2 Å². The minimum Gasteiger partial charge on any atom is -0.341 e. The van der Waals surface area contributed by atoms with E-state index in [4.69, 9.17) is 0 Å². The maximum atomic E-state index is 12.5. The van der Waals surface area contributed by atoms with Crippen LogP contribution in [0.2, 0.25) is 0 Å². The van der Waals surface area contributed by atoms with Crippen LogP contribution >= 0.6 is 0 Å². The third kappa shape index (κ3) is 5.91. The molecule has 132 valence electrons.